The lowest BCUT2D eigenvalue weighted by Gasteiger charge is -2.35. The van der Waals surface area contributed by atoms with Crippen LogP contribution >= 0.6 is 0 Å². The Bertz CT molecular complexity index is 778. The lowest BCUT2D eigenvalue weighted by atomic mass is 10.0. The van der Waals surface area contributed by atoms with Crippen molar-refractivity contribution in [3.63, 3.8) is 0 Å². The number of piperidine rings is 2. The van der Waals surface area contributed by atoms with Crippen molar-refractivity contribution in [2.45, 2.75) is 50.0 Å². The molecule has 0 bridgehead atoms. The number of amides is 1. The molecule has 0 unspecified atom stereocenters. The van der Waals surface area contributed by atoms with Crippen molar-refractivity contribution < 1.29 is 13.2 Å². The van der Waals surface area contributed by atoms with Crippen LogP contribution in [0.25, 0.3) is 0 Å². The largest absolute Gasteiger partial charge is 0.339 e. The molecule has 0 aliphatic carbocycles. The van der Waals surface area contributed by atoms with E-state index in [1.165, 1.54) is 0 Å². The summed E-state index contributed by atoms with van der Waals surface area (Å²) in [6.45, 7) is 4.43. The Labute approximate surface area is 163 Å². The van der Waals surface area contributed by atoms with Gasteiger partial charge in [-0.15, -0.1) is 0 Å². The highest BCUT2D eigenvalue weighted by atomic mass is 32.2. The molecule has 27 heavy (non-hydrogen) atoms. The van der Waals surface area contributed by atoms with Gasteiger partial charge in [-0.05, 0) is 64.4 Å². The zero-order valence-electron chi connectivity index (χ0n) is 16.6. The third-order valence-corrected chi connectivity index (χ3v) is 7.77. The molecular weight excluding hydrogens is 362 g/mol. The van der Waals surface area contributed by atoms with E-state index in [-0.39, 0.29) is 10.8 Å². The van der Waals surface area contributed by atoms with Gasteiger partial charge in [-0.2, -0.15) is 4.31 Å². The third-order valence-electron chi connectivity index (χ3n) is 5.87. The zero-order valence-corrected chi connectivity index (χ0v) is 17.5. The Morgan fingerprint density at radius 3 is 2.26 bits per heavy atom. The van der Waals surface area contributed by atoms with Crippen LogP contribution in [0.5, 0.6) is 0 Å². The number of rotatable bonds is 4. The zero-order chi connectivity index (χ0) is 19.6. The van der Waals surface area contributed by atoms with Gasteiger partial charge in [-0.3, -0.25) is 4.79 Å². The van der Waals surface area contributed by atoms with Crippen LogP contribution in [0.2, 0.25) is 0 Å². The lowest BCUT2D eigenvalue weighted by molar-refractivity contribution is 0.0662. The second-order valence-corrected chi connectivity index (χ2v) is 9.87. The van der Waals surface area contributed by atoms with Gasteiger partial charge in [-0.25, -0.2) is 8.42 Å². The first-order valence-corrected chi connectivity index (χ1v) is 11.3. The lowest BCUT2D eigenvalue weighted by Crippen LogP contribution is -2.44. The van der Waals surface area contributed by atoms with E-state index in [1.807, 2.05) is 11.8 Å². The summed E-state index contributed by atoms with van der Waals surface area (Å²) in [6.07, 6.45) is 4.77. The van der Waals surface area contributed by atoms with Crippen LogP contribution in [0.4, 0.5) is 0 Å². The molecule has 6 nitrogen and oxygen atoms in total. The maximum Gasteiger partial charge on any atom is 0.254 e. The smallest absolute Gasteiger partial charge is 0.254 e. The number of hydrogen-bond donors (Lipinski definition) is 0. The van der Waals surface area contributed by atoms with E-state index in [4.69, 9.17) is 0 Å². The third kappa shape index (κ3) is 4.36. The van der Waals surface area contributed by atoms with E-state index in [9.17, 15) is 13.2 Å². The maximum absolute atomic E-state index is 13.1. The molecule has 0 atom stereocenters. The molecule has 1 aromatic carbocycles. The number of aryl methyl sites for hydroxylation is 1. The van der Waals surface area contributed by atoms with Gasteiger partial charge in [0, 0.05) is 37.8 Å². The normalized spacial score (nSPS) is 20.2. The summed E-state index contributed by atoms with van der Waals surface area (Å²) in [7, 11) is 0.612. The van der Waals surface area contributed by atoms with Crippen molar-refractivity contribution in [2.24, 2.45) is 0 Å². The van der Waals surface area contributed by atoms with Crippen LogP contribution in [0.3, 0.4) is 0 Å². The van der Waals surface area contributed by atoms with Crippen molar-refractivity contribution >= 4 is 15.9 Å². The average Bonchev–Trinajstić information content (AvgIpc) is 2.68. The number of likely N-dealkylation sites (tertiary alicyclic amines) is 1. The molecule has 150 valence electrons. The van der Waals surface area contributed by atoms with Gasteiger partial charge in [-0.1, -0.05) is 12.5 Å². The SMILES string of the molecule is Cc1ccc(S(=O)(=O)N2CCCCC2)cc1C(=O)N1CCC(N(C)C)CC1. The Morgan fingerprint density at radius 2 is 1.67 bits per heavy atom. The number of benzene rings is 1. The van der Waals surface area contributed by atoms with Crippen LogP contribution in [0.1, 0.15) is 48.0 Å². The molecule has 0 radical (unpaired) electrons. The molecular formula is C20H31N3O3S. The van der Waals surface area contributed by atoms with Gasteiger partial charge >= 0.3 is 0 Å². The van der Waals surface area contributed by atoms with Crippen LogP contribution in [0.15, 0.2) is 23.1 Å². The molecule has 3 rings (SSSR count). The fourth-order valence-corrected chi connectivity index (χ4v) is 5.55. The van der Waals surface area contributed by atoms with E-state index in [0.717, 1.165) is 37.7 Å². The highest BCUT2D eigenvalue weighted by Crippen LogP contribution is 2.24. The van der Waals surface area contributed by atoms with Crippen LogP contribution in [0, 0.1) is 6.92 Å². The summed E-state index contributed by atoms with van der Waals surface area (Å²) in [5, 5.41) is 0. The highest BCUT2D eigenvalue weighted by Gasteiger charge is 2.29. The molecule has 1 aromatic rings. The Balaban J connectivity index is 1.80. The minimum absolute atomic E-state index is 0.0552. The van der Waals surface area contributed by atoms with Gasteiger partial charge in [0.05, 0.1) is 4.90 Å². The van der Waals surface area contributed by atoms with Gasteiger partial charge in [0.25, 0.3) is 5.91 Å². The van der Waals surface area contributed by atoms with Gasteiger partial charge in [0.2, 0.25) is 10.0 Å². The van der Waals surface area contributed by atoms with Crippen LogP contribution < -0.4 is 0 Å². The number of nitrogens with zero attached hydrogens (tertiary/aromatic N) is 3. The summed E-state index contributed by atoms with van der Waals surface area (Å²) in [5.74, 6) is -0.0552. The molecule has 2 saturated heterocycles. The van der Waals surface area contributed by atoms with Crippen LogP contribution in [-0.4, -0.2) is 74.7 Å². The van der Waals surface area contributed by atoms with E-state index >= 15 is 0 Å². The first kappa shape index (κ1) is 20.3. The van der Waals surface area contributed by atoms with Gasteiger partial charge in [0.1, 0.15) is 0 Å². The molecule has 2 aliphatic rings. The fourth-order valence-electron chi connectivity index (χ4n) is 4.00. The summed E-state index contributed by atoms with van der Waals surface area (Å²) in [6, 6.07) is 5.48. The summed E-state index contributed by atoms with van der Waals surface area (Å²) >= 11 is 0. The quantitative estimate of drug-likeness (QED) is 0.788. The minimum Gasteiger partial charge on any atom is -0.339 e. The highest BCUT2D eigenvalue weighted by molar-refractivity contribution is 7.89. The molecule has 2 fully saturated rings. The van der Waals surface area contributed by atoms with E-state index in [0.29, 0.717) is 37.8 Å². The average molecular weight is 394 g/mol. The predicted octanol–water partition coefficient (Wildman–Crippen LogP) is 2.34. The van der Waals surface area contributed by atoms with Crippen molar-refractivity contribution in [1.82, 2.24) is 14.1 Å². The summed E-state index contributed by atoms with van der Waals surface area (Å²) in [5.41, 5.74) is 1.34. The standard InChI is InChI=1S/C20H31N3O3S/c1-16-7-8-18(27(25,26)23-11-5-4-6-12-23)15-19(16)20(24)22-13-9-17(10-14-22)21(2)3/h7-8,15,17H,4-6,9-14H2,1-3H3. The Hall–Kier alpha value is -1.44. The fraction of sp³-hybridized carbons (Fsp3) is 0.650. The number of carbonyl (C=O) groups is 1. The van der Waals surface area contributed by atoms with E-state index in [1.54, 1.807) is 22.5 Å². The van der Waals surface area contributed by atoms with E-state index in [2.05, 4.69) is 19.0 Å². The molecule has 7 heteroatoms. The molecule has 0 aromatic heterocycles. The molecule has 0 saturated carbocycles. The Kier molecular flexibility index (Phi) is 6.23. The molecule has 2 heterocycles. The number of sulfonamides is 1. The topological polar surface area (TPSA) is 60.9 Å². The second kappa shape index (κ2) is 8.29. The predicted molar refractivity (Wildman–Crippen MR) is 106 cm³/mol. The summed E-state index contributed by atoms with van der Waals surface area (Å²) in [4.78, 5) is 17.4. The molecule has 0 spiro atoms. The minimum atomic E-state index is -3.53. The van der Waals surface area contributed by atoms with Crippen LogP contribution in [-0.2, 0) is 10.0 Å². The Morgan fingerprint density at radius 1 is 1.04 bits per heavy atom. The molecule has 1 amide bonds. The maximum atomic E-state index is 13.1. The number of carbonyl (C=O) groups excluding carboxylic acids is 1. The molecule has 0 N–H and O–H groups in total. The van der Waals surface area contributed by atoms with E-state index < -0.39 is 10.0 Å². The first-order valence-electron chi connectivity index (χ1n) is 9.87. The number of hydrogen-bond acceptors (Lipinski definition) is 4. The second-order valence-electron chi connectivity index (χ2n) is 7.93. The first-order chi connectivity index (χ1) is 12.8. The monoisotopic (exact) mass is 393 g/mol. The van der Waals surface area contributed by atoms with Gasteiger partial charge in [0.15, 0.2) is 0 Å². The van der Waals surface area contributed by atoms with Crippen molar-refractivity contribution in [3.05, 3.63) is 29.3 Å². The van der Waals surface area contributed by atoms with Gasteiger partial charge < -0.3 is 9.80 Å². The molecule has 2 aliphatic heterocycles. The van der Waals surface area contributed by atoms with Crippen molar-refractivity contribution in [1.29, 1.82) is 0 Å². The van der Waals surface area contributed by atoms with Crippen molar-refractivity contribution in [3.8, 4) is 0 Å². The summed E-state index contributed by atoms with van der Waals surface area (Å²) < 4.78 is 27.5. The van der Waals surface area contributed by atoms with Crippen molar-refractivity contribution in [2.75, 3.05) is 40.3 Å².